The molecular formula is C17H22F3N. The van der Waals surface area contributed by atoms with Gasteiger partial charge in [-0.05, 0) is 49.7 Å². The summed E-state index contributed by atoms with van der Waals surface area (Å²) in [6.45, 7) is 0. The lowest BCUT2D eigenvalue weighted by molar-refractivity contribution is -0.183. The van der Waals surface area contributed by atoms with Crippen LogP contribution in [-0.4, -0.2) is 18.3 Å². The summed E-state index contributed by atoms with van der Waals surface area (Å²) in [5.41, 5.74) is 2.75. The Morgan fingerprint density at radius 3 is 2.48 bits per heavy atom. The lowest BCUT2D eigenvalue weighted by Crippen LogP contribution is -2.45. The Hall–Kier alpha value is -1.03. The third-order valence-corrected chi connectivity index (χ3v) is 4.96. The second kappa shape index (κ2) is 5.99. The monoisotopic (exact) mass is 297 g/mol. The summed E-state index contributed by atoms with van der Waals surface area (Å²) in [4.78, 5) is 0. The number of fused-ring (bicyclic) bond motifs is 1. The lowest BCUT2D eigenvalue weighted by Gasteiger charge is -2.35. The van der Waals surface area contributed by atoms with Crippen molar-refractivity contribution in [2.45, 2.75) is 63.2 Å². The first-order valence-corrected chi connectivity index (χ1v) is 7.92. The van der Waals surface area contributed by atoms with Crippen molar-refractivity contribution in [1.29, 1.82) is 0 Å². The molecule has 0 amide bonds. The lowest BCUT2D eigenvalue weighted by atomic mass is 9.83. The molecule has 3 atom stereocenters. The van der Waals surface area contributed by atoms with Crippen LogP contribution in [0.2, 0.25) is 0 Å². The maximum absolute atomic E-state index is 12.9. The molecule has 1 saturated carbocycles. The van der Waals surface area contributed by atoms with Crippen molar-refractivity contribution in [1.82, 2.24) is 5.32 Å². The fraction of sp³-hybridized carbons (Fsp3) is 0.647. The van der Waals surface area contributed by atoms with Crippen LogP contribution in [-0.2, 0) is 12.8 Å². The van der Waals surface area contributed by atoms with Gasteiger partial charge in [0, 0.05) is 12.1 Å². The molecule has 1 aromatic carbocycles. The fourth-order valence-corrected chi connectivity index (χ4v) is 3.81. The first-order chi connectivity index (χ1) is 10.0. The van der Waals surface area contributed by atoms with Gasteiger partial charge in [-0.1, -0.05) is 30.7 Å². The zero-order chi connectivity index (χ0) is 14.9. The summed E-state index contributed by atoms with van der Waals surface area (Å²) >= 11 is 0. The number of rotatable bonds is 2. The SMILES string of the molecule is FC(F)(F)C1CCCC(NC2CCc3ccccc3C2)C1. The van der Waals surface area contributed by atoms with E-state index in [1.807, 2.05) is 6.07 Å². The predicted molar refractivity (Wildman–Crippen MR) is 77.2 cm³/mol. The van der Waals surface area contributed by atoms with E-state index in [4.69, 9.17) is 0 Å². The van der Waals surface area contributed by atoms with Gasteiger partial charge in [-0.25, -0.2) is 0 Å². The largest absolute Gasteiger partial charge is 0.391 e. The molecule has 4 heteroatoms. The molecule has 0 heterocycles. The van der Waals surface area contributed by atoms with E-state index in [2.05, 4.69) is 23.5 Å². The molecule has 0 radical (unpaired) electrons. The molecule has 0 aliphatic heterocycles. The van der Waals surface area contributed by atoms with Crippen molar-refractivity contribution in [2.75, 3.05) is 0 Å². The normalized spacial score (nSPS) is 30.0. The highest BCUT2D eigenvalue weighted by atomic mass is 19.4. The van der Waals surface area contributed by atoms with Gasteiger partial charge >= 0.3 is 6.18 Å². The summed E-state index contributed by atoms with van der Waals surface area (Å²) in [6, 6.07) is 8.76. The molecule has 0 spiro atoms. The van der Waals surface area contributed by atoms with Crippen molar-refractivity contribution in [3.8, 4) is 0 Å². The summed E-state index contributed by atoms with van der Waals surface area (Å²) in [5, 5.41) is 3.50. The van der Waals surface area contributed by atoms with E-state index in [1.165, 1.54) is 11.1 Å². The molecule has 3 rings (SSSR count). The molecule has 1 aromatic rings. The Morgan fingerprint density at radius 1 is 0.952 bits per heavy atom. The maximum Gasteiger partial charge on any atom is 0.391 e. The highest BCUT2D eigenvalue weighted by Crippen LogP contribution is 2.38. The van der Waals surface area contributed by atoms with E-state index in [9.17, 15) is 13.2 Å². The van der Waals surface area contributed by atoms with Crippen LogP contribution < -0.4 is 5.32 Å². The zero-order valence-corrected chi connectivity index (χ0v) is 12.1. The number of nitrogens with one attached hydrogen (secondary N) is 1. The second-order valence-corrected chi connectivity index (χ2v) is 6.48. The van der Waals surface area contributed by atoms with Gasteiger partial charge in [0.15, 0.2) is 0 Å². The molecule has 3 unspecified atom stereocenters. The van der Waals surface area contributed by atoms with Gasteiger partial charge < -0.3 is 5.32 Å². The Bertz CT molecular complexity index is 483. The minimum Gasteiger partial charge on any atom is -0.311 e. The molecule has 0 bridgehead atoms. The van der Waals surface area contributed by atoms with Gasteiger partial charge in [-0.15, -0.1) is 0 Å². The van der Waals surface area contributed by atoms with Gasteiger partial charge in [0.2, 0.25) is 0 Å². The zero-order valence-electron chi connectivity index (χ0n) is 12.1. The smallest absolute Gasteiger partial charge is 0.311 e. The Morgan fingerprint density at radius 2 is 1.71 bits per heavy atom. The van der Waals surface area contributed by atoms with Crippen molar-refractivity contribution in [3.05, 3.63) is 35.4 Å². The van der Waals surface area contributed by atoms with Crippen molar-refractivity contribution >= 4 is 0 Å². The summed E-state index contributed by atoms with van der Waals surface area (Å²) in [7, 11) is 0. The highest BCUT2D eigenvalue weighted by Gasteiger charge is 2.42. The summed E-state index contributed by atoms with van der Waals surface area (Å²) < 4.78 is 38.6. The number of benzene rings is 1. The van der Waals surface area contributed by atoms with Crippen LogP contribution in [0.5, 0.6) is 0 Å². The maximum atomic E-state index is 12.9. The first-order valence-electron chi connectivity index (χ1n) is 7.92. The first kappa shape index (κ1) is 14.9. The summed E-state index contributed by atoms with van der Waals surface area (Å²) in [5.74, 6) is -1.11. The number of hydrogen-bond acceptors (Lipinski definition) is 1. The van der Waals surface area contributed by atoms with Crippen molar-refractivity contribution in [2.24, 2.45) is 5.92 Å². The molecule has 2 aliphatic carbocycles. The average Bonchev–Trinajstić information content (AvgIpc) is 2.46. The van der Waals surface area contributed by atoms with E-state index < -0.39 is 12.1 Å². The van der Waals surface area contributed by atoms with Crippen molar-refractivity contribution in [3.63, 3.8) is 0 Å². The minimum absolute atomic E-state index is 0.0284. The molecule has 21 heavy (non-hydrogen) atoms. The Kier molecular flexibility index (Phi) is 4.25. The molecule has 0 aromatic heterocycles. The number of alkyl halides is 3. The third kappa shape index (κ3) is 3.60. The van der Waals surface area contributed by atoms with Crippen LogP contribution in [0, 0.1) is 5.92 Å². The van der Waals surface area contributed by atoms with E-state index in [1.54, 1.807) is 0 Å². The standard InChI is InChI=1S/C17H22F3N/c18-17(19,20)14-6-3-7-15(11-14)21-16-9-8-12-4-1-2-5-13(12)10-16/h1-2,4-5,14-16,21H,3,6-11H2. The molecule has 1 fully saturated rings. The van der Waals surface area contributed by atoms with E-state index in [-0.39, 0.29) is 12.5 Å². The topological polar surface area (TPSA) is 12.0 Å². The molecule has 1 nitrogen and oxygen atoms in total. The number of hydrogen-bond donors (Lipinski definition) is 1. The van der Waals surface area contributed by atoms with Crippen LogP contribution in [0.15, 0.2) is 24.3 Å². The predicted octanol–water partition coefficient (Wildman–Crippen LogP) is 4.25. The molecule has 2 aliphatic rings. The second-order valence-electron chi connectivity index (χ2n) is 6.48. The van der Waals surface area contributed by atoms with E-state index >= 15 is 0 Å². The fourth-order valence-electron chi connectivity index (χ4n) is 3.81. The third-order valence-electron chi connectivity index (χ3n) is 4.96. The van der Waals surface area contributed by atoms with Crippen LogP contribution in [0.3, 0.4) is 0 Å². The van der Waals surface area contributed by atoms with Gasteiger partial charge in [-0.2, -0.15) is 13.2 Å². The van der Waals surface area contributed by atoms with Gasteiger partial charge in [0.05, 0.1) is 5.92 Å². The quantitative estimate of drug-likeness (QED) is 0.860. The van der Waals surface area contributed by atoms with Crippen molar-refractivity contribution < 1.29 is 13.2 Å². The molecule has 116 valence electrons. The summed E-state index contributed by atoms with van der Waals surface area (Å²) in [6.07, 6.45) is 1.10. The van der Waals surface area contributed by atoms with E-state index in [0.29, 0.717) is 18.9 Å². The van der Waals surface area contributed by atoms with Crippen LogP contribution in [0.25, 0.3) is 0 Å². The average molecular weight is 297 g/mol. The molecule has 0 saturated heterocycles. The number of aryl methyl sites for hydroxylation is 1. The molecule has 1 N–H and O–H groups in total. The van der Waals surface area contributed by atoms with Gasteiger partial charge in [0.25, 0.3) is 0 Å². The number of halogens is 3. The highest BCUT2D eigenvalue weighted by molar-refractivity contribution is 5.30. The Balaban J connectivity index is 1.58. The Labute approximate surface area is 123 Å². The molecular weight excluding hydrogens is 275 g/mol. The van der Waals surface area contributed by atoms with Crippen LogP contribution in [0.4, 0.5) is 13.2 Å². The van der Waals surface area contributed by atoms with Crippen LogP contribution >= 0.6 is 0 Å². The minimum atomic E-state index is -4.03. The van der Waals surface area contributed by atoms with E-state index in [0.717, 1.165) is 25.7 Å². The van der Waals surface area contributed by atoms with Gasteiger partial charge in [0.1, 0.15) is 0 Å². The van der Waals surface area contributed by atoms with Gasteiger partial charge in [-0.3, -0.25) is 0 Å². The van der Waals surface area contributed by atoms with Crippen LogP contribution in [0.1, 0.15) is 43.2 Å².